The van der Waals surface area contributed by atoms with Gasteiger partial charge in [0, 0.05) is 30.5 Å². The van der Waals surface area contributed by atoms with Crippen molar-refractivity contribution in [2.45, 2.75) is 6.92 Å². The average Bonchev–Trinajstić information content (AvgIpc) is 3.22. The van der Waals surface area contributed by atoms with Crippen molar-refractivity contribution < 1.29 is 28.2 Å². The lowest BCUT2D eigenvalue weighted by atomic mass is 10.1. The third-order valence-electron chi connectivity index (χ3n) is 4.10. The number of aromatic nitrogens is 1. The lowest BCUT2D eigenvalue weighted by Crippen LogP contribution is -2.23. The quantitative estimate of drug-likeness (QED) is 0.642. The van der Waals surface area contributed by atoms with Gasteiger partial charge in [-0.25, -0.2) is 13.8 Å². The highest BCUT2D eigenvalue weighted by atomic mass is 32.1. The first-order valence-corrected chi connectivity index (χ1v) is 9.20. The molecule has 29 heavy (non-hydrogen) atoms. The molecule has 1 N–H and O–H groups in total. The zero-order valence-electron chi connectivity index (χ0n) is 14.8. The van der Waals surface area contributed by atoms with Crippen molar-refractivity contribution in [3.05, 3.63) is 70.4 Å². The molecule has 9 heteroatoms. The van der Waals surface area contributed by atoms with Gasteiger partial charge in [0.2, 0.25) is 11.7 Å². The van der Waals surface area contributed by atoms with Crippen molar-refractivity contribution in [1.82, 2.24) is 4.98 Å². The van der Waals surface area contributed by atoms with Crippen LogP contribution in [0.5, 0.6) is 11.5 Å². The maximum Gasteiger partial charge on any atom is 0.232 e. The van der Waals surface area contributed by atoms with E-state index in [-0.39, 0.29) is 33.9 Å². The molecule has 0 saturated carbocycles. The number of carbonyl (C=O) groups is 2. The summed E-state index contributed by atoms with van der Waals surface area (Å²) >= 11 is 1.05. The second-order valence-electron chi connectivity index (χ2n) is 6.13. The Balaban J connectivity index is 1.66. The number of rotatable bonds is 3. The van der Waals surface area contributed by atoms with Crippen molar-refractivity contribution in [1.29, 1.82) is 0 Å². The second-order valence-corrected chi connectivity index (χ2v) is 6.96. The minimum atomic E-state index is -0.903. The number of fused-ring (bicyclic) bond motifs is 1. The molecule has 2 aromatic carbocycles. The number of hydrogen-bond donors (Lipinski definition) is 1. The van der Waals surface area contributed by atoms with Crippen molar-refractivity contribution in [3.63, 3.8) is 0 Å². The molecule has 0 aliphatic carbocycles. The highest BCUT2D eigenvalue weighted by Crippen LogP contribution is 2.36. The number of phenols is 1. The first-order valence-electron chi connectivity index (χ1n) is 8.32. The number of amides is 1. The minimum Gasteiger partial charge on any atom is -0.508 e. The monoisotopic (exact) mass is 414 g/mol. The molecule has 0 radical (unpaired) electrons. The Morgan fingerprint density at radius 2 is 2.03 bits per heavy atom. The molecule has 2 heterocycles. The van der Waals surface area contributed by atoms with E-state index in [1.54, 1.807) is 5.38 Å². The van der Waals surface area contributed by atoms with Gasteiger partial charge in [0.25, 0.3) is 0 Å². The van der Waals surface area contributed by atoms with E-state index in [0.29, 0.717) is 17.3 Å². The fourth-order valence-corrected chi connectivity index (χ4v) is 3.66. The Labute approximate surface area is 167 Å². The summed E-state index contributed by atoms with van der Waals surface area (Å²) in [6, 6.07) is 7.04. The number of phenolic OH excluding ortho intramolecular Hbond substituents is 1. The van der Waals surface area contributed by atoms with E-state index >= 15 is 0 Å². The van der Waals surface area contributed by atoms with Crippen LogP contribution in [0.2, 0.25) is 0 Å². The molecule has 4 rings (SSSR count). The molecule has 146 valence electrons. The predicted molar refractivity (Wildman–Crippen MR) is 102 cm³/mol. The van der Waals surface area contributed by atoms with Crippen LogP contribution in [0, 0.1) is 11.6 Å². The summed E-state index contributed by atoms with van der Waals surface area (Å²) in [5, 5.41) is 11.2. The number of ether oxygens (including phenoxy) is 1. The van der Waals surface area contributed by atoms with Crippen LogP contribution in [-0.2, 0) is 4.79 Å². The van der Waals surface area contributed by atoms with Crippen LogP contribution in [0.3, 0.4) is 0 Å². The van der Waals surface area contributed by atoms with Gasteiger partial charge in [-0.15, -0.1) is 11.3 Å². The van der Waals surface area contributed by atoms with Crippen LogP contribution in [-0.4, -0.2) is 21.8 Å². The Morgan fingerprint density at radius 1 is 1.24 bits per heavy atom. The Kier molecular flexibility index (Phi) is 4.59. The lowest BCUT2D eigenvalue weighted by Gasteiger charge is -2.18. The van der Waals surface area contributed by atoms with E-state index in [1.165, 1.54) is 31.2 Å². The van der Waals surface area contributed by atoms with E-state index in [1.807, 2.05) is 0 Å². The summed E-state index contributed by atoms with van der Waals surface area (Å²) in [7, 11) is 0. The third-order valence-corrected chi connectivity index (χ3v) is 4.94. The number of benzene rings is 2. The second kappa shape index (κ2) is 7.10. The molecule has 0 unspecified atom stereocenters. The third kappa shape index (κ3) is 3.47. The van der Waals surface area contributed by atoms with Gasteiger partial charge < -0.3 is 9.84 Å². The van der Waals surface area contributed by atoms with Crippen LogP contribution in [0.25, 0.3) is 6.08 Å². The Morgan fingerprint density at radius 3 is 2.76 bits per heavy atom. The first-order chi connectivity index (χ1) is 13.8. The number of nitrogens with zero attached hydrogens (tertiary/aromatic N) is 2. The molecular weight excluding hydrogens is 402 g/mol. The van der Waals surface area contributed by atoms with Gasteiger partial charge in [0.05, 0.1) is 16.9 Å². The molecule has 0 fully saturated rings. The van der Waals surface area contributed by atoms with Crippen LogP contribution >= 0.6 is 11.3 Å². The molecule has 3 aromatic rings. The number of halogens is 2. The number of anilines is 2. The molecule has 0 atom stereocenters. The van der Waals surface area contributed by atoms with Crippen LogP contribution in [0.15, 0.2) is 47.5 Å². The summed E-state index contributed by atoms with van der Waals surface area (Å²) in [6.07, 6.45) is 1.39. The van der Waals surface area contributed by atoms with Crippen LogP contribution < -0.4 is 9.64 Å². The topological polar surface area (TPSA) is 79.7 Å². The molecule has 0 bridgehead atoms. The van der Waals surface area contributed by atoms with Crippen LogP contribution in [0.4, 0.5) is 19.6 Å². The molecule has 1 amide bonds. The number of hydrogen-bond acceptors (Lipinski definition) is 6. The van der Waals surface area contributed by atoms with Crippen molar-refractivity contribution in [2.75, 3.05) is 4.90 Å². The van der Waals surface area contributed by atoms with E-state index in [2.05, 4.69) is 4.98 Å². The molecule has 1 aromatic heterocycles. The van der Waals surface area contributed by atoms with Crippen LogP contribution in [0.1, 0.15) is 23.0 Å². The Bertz CT molecular complexity index is 1190. The maximum atomic E-state index is 14.2. The summed E-state index contributed by atoms with van der Waals surface area (Å²) in [5.74, 6) is -2.35. The molecule has 1 aliphatic heterocycles. The van der Waals surface area contributed by atoms with Gasteiger partial charge in [-0.2, -0.15) is 0 Å². The van der Waals surface area contributed by atoms with Crippen molar-refractivity contribution >= 4 is 39.9 Å². The van der Waals surface area contributed by atoms with Gasteiger partial charge in [-0.05, 0) is 24.3 Å². The highest BCUT2D eigenvalue weighted by molar-refractivity contribution is 7.14. The number of carbonyl (C=O) groups excluding carboxylic acids is 2. The summed E-state index contributed by atoms with van der Waals surface area (Å²) < 4.78 is 32.8. The van der Waals surface area contributed by atoms with E-state index in [9.17, 15) is 23.5 Å². The molecule has 1 aliphatic rings. The minimum absolute atomic E-state index is 0.00443. The molecule has 0 spiro atoms. The van der Waals surface area contributed by atoms with Gasteiger partial charge in [-0.3, -0.25) is 14.5 Å². The van der Waals surface area contributed by atoms with Gasteiger partial charge >= 0.3 is 0 Å². The molecule has 0 saturated heterocycles. The zero-order chi connectivity index (χ0) is 20.7. The van der Waals surface area contributed by atoms with E-state index in [0.717, 1.165) is 28.4 Å². The fourth-order valence-electron chi connectivity index (χ4n) is 2.83. The lowest BCUT2D eigenvalue weighted by molar-refractivity contribution is -0.115. The SMILES string of the molecule is CC(=O)N(c1nc(/C=C2\Oc3cc(O)ccc3C2=O)cs1)c1ccc(F)cc1F. The van der Waals surface area contributed by atoms with Gasteiger partial charge in [-0.1, -0.05) is 0 Å². The fraction of sp³-hybridized carbons (Fsp3) is 0.0500. The molecular formula is C20H12F2N2O4S. The number of ketones is 1. The number of thiazole rings is 1. The smallest absolute Gasteiger partial charge is 0.232 e. The largest absolute Gasteiger partial charge is 0.508 e. The normalized spacial score (nSPS) is 14.0. The maximum absolute atomic E-state index is 14.2. The van der Waals surface area contributed by atoms with E-state index in [4.69, 9.17) is 4.74 Å². The number of Topliss-reactive ketones (excluding diaryl/α,β-unsaturated/α-hetero) is 1. The van der Waals surface area contributed by atoms with Gasteiger partial charge in [0.1, 0.15) is 23.1 Å². The first kappa shape index (κ1) is 18.8. The number of allylic oxidation sites excluding steroid dienone is 1. The van der Waals surface area contributed by atoms with E-state index < -0.39 is 17.5 Å². The zero-order valence-corrected chi connectivity index (χ0v) is 15.7. The standard InChI is InChI=1S/C20H12F2N2O4S/c1-10(25)24(16-5-2-11(21)6-15(16)22)20-23-12(9-29-20)7-18-19(27)14-4-3-13(26)8-17(14)28-18/h2-9,26H,1H3/b18-7-. The number of aromatic hydroxyl groups is 1. The highest BCUT2D eigenvalue weighted by Gasteiger charge is 2.28. The summed E-state index contributed by atoms with van der Waals surface area (Å²) in [4.78, 5) is 29.8. The predicted octanol–water partition coefficient (Wildman–Crippen LogP) is 4.43. The van der Waals surface area contributed by atoms with Crippen molar-refractivity contribution in [2.24, 2.45) is 0 Å². The summed E-state index contributed by atoms with van der Waals surface area (Å²) in [5.41, 5.74) is 0.492. The Hall–Kier alpha value is -3.59. The molecule has 6 nitrogen and oxygen atoms in total. The van der Waals surface area contributed by atoms with Gasteiger partial charge in [0.15, 0.2) is 10.9 Å². The summed E-state index contributed by atoms with van der Waals surface area (Å²) in [6.45, 7) is 1.23. The van der Waals surface area contributed by atoms with Crippen molar-refractivity contribution in [3.8, 4) is 11.5 Å². The average molecular weight is 414 g/mol.